The Morgan fingerprint density at radius 3 is 2.61 bits per heavy atom. The minimum atomic E-state index is 0.119. The number of phenols is 1. The Kier molecular flexibility index (Phi) is 5.79. The summed E-state index contributed by atoms with van der Waals surface area (Å²) in [5, 5.41) is 18.4. The zero-order chi connectivity index (χ0) is 23.3. The maximum absolute atomic E-state index is 10.1. The van der Waals surface area contributed by atoms with Crippen molar-refractivity contribution in [2.24, 2.45) is 0 Å². The minimum absolute atomic E-state index is 0.119. The number of aryl methyl sites for hydroxylation is 2. The molecule has 1 aliphatic carbocycles. The van der Waals surface area contributed by atoms with Gasteiger partial charge < -0.3 is 14.9 Å². The predicted molar refractivity (Wildman–Crippen MR) is 130 cm³/mol. The molecule has 3 heterocycles. The third kappa shape index (κ3) is 4.32. The Labute approximate surface area is 199 Å². The van der Waals surface area contributed by atoms with E-state index < -0.39 is 0 Å². The summed E-state index contributed by atoms with van der Waals surface area (Å²) in [7, 11) is 0. The van der Waals surface area contributed by atoms with Crippen molar-refractivity contribution in [1.82, 2.24) is 20.0 Å². The van der Waals surface area contributed by atoms with Crippen molar-refractivity contribution in [3.63, 3.8) is 0 Å². The number of nitrogens with zero attached hydrogens (tertiary/aromatic N) is 4. The van der Waals surface area contributed by atoms with Crippen molar-refractivity contribution < 1.29 is 9.63 Å². The van der Waals surface area contributed by atoms with Crippen LogP contribution in [0.25, 0.3) is 22.6 Å². The number of benzene rings is 1. The number of halogens is 1. The van der Waals surface area contributed by atoms with Crippen molar-refractivity contribution >= 4 is 17.4 Å². The molecule has 5 rings (SSSR count). The molecule has 1 saturated heterocycles. The number of piperidine rings is 1. The summed E-state index contributed by atoms with van der Waals surface area (Å²) in [6, 6.07) is 6.48. The van der Waals surface area contributed by atoms with Gasteiger partial charge >= 0.3 is 0 Å². The van der Waals surface area contributed by atoms with Crippen LogP contribution in [-0.2, 0) is 0 Å². The van der Waals surface area contributed by atoms with Gasteiger partial charge in [-0.3, -0.25) is 4.90 Å². The summed E-state index contributed by atoms with van der Waals surface area (Å²) in [5.41, 5.74) is 3.94. The Balaban J connectivity index is 1.55. The molecular formula is C25H30ClN5O2. The Morgan fingerprint density at radius 1 is 1.15 bits per heavy atom. The Morgan fingerprint density at radius 2 is 1.94 bits per heavy atom. The van der Waals surface area contributed by atoms with E-state index in [1.54, 1.807) is 18.2 Å². The van der Waals surface area contributed by atoms with Gasteiger partial charge in [0.2, 0.25) is 0 Å². The molecular weight excluding hydrogens is 438 g/mol. The predicted octanol–water partition coefficient (Wildman–Crippen LogP) is 5.51. The van der Waals surface area contributed by atoms with Gasteiger partial charge in [-0.2, -0.15) is 0 Å². The highest BCUT2D eigenvalue weighted by Gasteiger charge is 2.36. The molecule has 0 spiro atoms. The highest BCUT2D eigenvalue weighted by molar-refractivity contribution is 6.33. The number of rotatable bonds is 5. The summed E-state index contributed by atoms with van der Waals surface area (Å²) in [6.45, 7) is 9.26. The first-order chi connectivity index (χ1) is 15.8. The molecule has 0 radical (unpaired) electrons. The van der Waals surface area contributed by atoms with E-state index in [9.17, 15) is 5.11 Å². The molecule has 2 fully saturated rings. The maximum atomic E-state index is 10.1. The molecule has 2 aromatic heterocycles. The monoisotopic (exact) mass is 467 g/mol. The van der Waals surface area contributed by atoms with Crippen molar-refractivity contribution in [1.29, 1.82) is 0 Å². The van der Waals surface area contributed by atoms with Gasteiger partial charge in [-0.1, -0.05) is 16.8 Å². The normalized spacial score (nSPS) is 21.4. The van der Waals surface area contributed by atoms with Crippen LogP contribution in [0.3, 0.4) is 0 Å². The third-order valence-electron chi connectivity index (χ3n) is 6.89. The van der Waals surface area contributed by atoms with E-state index in [4.69, 9.17) is 26.1 Å². The fraction of sp³-hybridized carbons (Fsp3) is 0.480. The molecule has 2 N–H and O–H groups in total. The molecule has 2 atom stereocenters. The standard InChI is InChI=1S/C25H30ClN5O2/c1-13-11-17(9-10-31(13)18-5-6-18)27-24-14(2)23(22-15(3)30-33-16(22)4)28-25(29-24)20-12-19(32)7-8-21(20)26/h7-8,12-13,17-18,32H,5-6,9-11H2,1-4H3,(H,27,28,29). The average Bonchev–Trinajstić information content (AvgIpc) is 3.56. The van der Waals surface area contributed by atoms with Crippen LogP contribution in [0.4, 0.5) is 5.82 Å². The van der Waals surface area contributed by atoms with Crippen molar-refractivity contribution in [2.45, 2.75) is 71.5 Å². The van der Waals surface area contributed by atoms with Crippen LogP contribution < -0.4 is 5.32 Å². The number of hydrogen-bond acceptors (Lipinski definition) is 7. The fourth-order valence-electron chi connectivity index (χ4n) is 4.99. The summed E-state index contributed by atoms with van der Waals surface area (Å²) in [4.78, 5) is 12.4. The zero-order valence-corrected chi connectivity index (χ0v) is 20.3. The van der Waals surface area contributed by atoms with Gasteiger partial charge in [-0.15, -0.1) is 0 Å². The van der Waals surface area contributed by atoms with Crippen LogP contribution in [0.5, 0.6) is 5.75 Å². The molecule has 3 aromatic rings. The second kappa shape index (κ2) is 8.61. The van der Waals surface area contributed by atoms with Crippen LogP contribution in [0.15, 0.2) is 22.7 Å². The van der Waals surface area contributed by atoms with Crippen LogP contribution >= 0.6 is 11.6 Å². The van der Waals surface area contributed by atoms with E-state index in [2.05, 4.69) is 22.3 Å². The van der Waals surface area contributed by atoms with E-state index >= 15 is 0 Å². The van der Waals surface area contributed by atoms with Crippen molar-refractivity contribution in [3.8, 4) is 28.4 Å². The van der Waals surface area contributed by atoms with Crippen LogP contribution in [0.2, 0.25) is 5.02 Å². The quantitative estimate of drug-likeness (QED) is 0.511. The van der Waals surface area contributed by atoms with Crippen LogP contribution in [-0.4, -0.2) is 49.8 Å². The van der Waals surface area contributed by atoms with Gasteiger partial charge in [-0.05, 0) is 71.6 Å². The fourth-order valence-corrected chi connectivity index (χ4v) is 5.19. The first-order valence-electron chi connectivity index (χ1n) is 11.6. The van der Waals surface area contributed by atoms with Crippen molar-refractivity contribution in [2.75, 3.05) is 11.9 Å². The summed E-state index contributed by atoms with van der Waals surface area (Å²) >= 11 is 6.48. The first kappa shape index (κ1) is 22.2. The molecule has 1 aromatic carbocycles. The third-order valence-corrected chi connectivity index (χ3v) is 7.22. The molecule has 1 saturated carbocycles. The Hall–Kier alpha value is -2.64. The molecule has 1 aliphatic heterocycles. The lowest BCUT2D eigenvalue weighted by Crippen LogP contribution is -2.46. The number of anilines is 1. The number of likely N-dealkylation sites (tertiary alicyclic amines) is 1. The summed E-state index contributed by atoms with van der Waals surface area (Å²) in [6.07, 6.45) is 4.82. The minimum Gasteiger partial charge on any atom is -0.508 e. The zero-order valence-electron chi connectivity index (χ0n) is 19.5. The van der Waals surface area contributed by atoms with Crippen molar-refractivity contribution in [3.05, 3.63) is 40.2 Å². The average molecular weight is 468 g/mol. The summed E-state index contributed by atoms with van der Waals surface area (Å²) in [5.74, 6) is 2.07. The Bertz CT molecular complexity index is 1170. The lowest BCUT2D eigenvalue weighted by Gasteiger charge is -2.38. The highest BCUT2D eigenvalue weighted by atomic mass is 35.5. The van der Waals surface area contributed by atoms with Gasteiger partial charge in [0.15, 0.2) is 5.82 Å². The first-order valence-corrected chi connectivity index (χ1v) is 12.0. The molecule has 0 amide bonds. The van der Waals surface area contributed by atoms with E-state index in [1.807, 2.05) is 20.8 Å². The second-order valence-corrected chi connectivity index (χ2v) is 9.82. The molecule has 2 unspecified atom stereocenters. The molecule has 174 valence electrons. The molecule has 8 heteroatoms. The molecule has 2 aliphatic rings. The molecule has 0 bridgehead atoms. The second-order valence-electron chi connectivity index (χ2n) is 9.42. The van der Waals surface area contributed by atoms with E-state index in [0.717, 1.165) is 53.8 Å². The summed E-state index contributed by atoms with van der Waals surface area (Å²) < 4.78 is 5.43. The van der Waals surface area contributed by atoms with E-state index in [0.29, 0.717) is 34.3 Å². The number of aromatic nitrogens is 3. The van der Waals surface area contributed by atoms with Gasteiger partial charge in [0.25, 0.3) is 0 Å². The smallest absolute Gasteiger partial charge is 0.163 e. The van der Waals surface area contributed by atoms with Gasteiger partial charge in [0.1, 0.15) is 17.3 Å². The SMILES string of the molecule is Cc1noc(C)c1-c1nc(-c2cc(O)ccc2Cl)nc(NC2CCN(C3CC3)C(C)C2)c1C. The largest absolute Gasteiger partial charge is 0.508 e. The van der Waals surface area contributed by atoms with Gasteiger partial charge in [-0.25, -0.2) is 9.97 Å². The topological polar surface area (TPSA) is 87.3 Å². The number of hydrogen-bond donors (Lipinski definition) is 2. The van der Waals surface area contributed by atoms with Gasteiger partial charge in [0.05, 0.1) is 22.0 Å². The molecule has 7 nitrogen and oxygen atoms in total. The molecule has 33 heavy (non-hydrogen) atoms. The highest BCUT2D eigenvalue weighted by Crippen LogP contribution is 2.37. The number of aromatic hydroxyl groups is 1. The number of nitrogens with one attached hydrogen (secondary N) is 1. The van der Waals surface area contributed by atoms with E-state index in [-0.39, 0.29) is 5.75 Å². The van der Waals surface area contributed by atoms with E-state index in [1.165, 1.54) is 12.8 Å². The maximum Gasteiger partial charge on any atom is 0.163 e. The van der Waals surface area contributed by atoms with Crippen LogP contribution in [0.1, 0.15) is 49.6 Å². The van der Waals surface area contributed by atoms with Gasteiger partial charge in [0, 0.05) is 35.8 Å². The lowest BCUT2D eigenvalue weighted by atomic mass is 9.97. The lowest BCUT2D eigenvalue weighted by molar-refractivity contribution is 0.144. The van der Waals surface area contributed by atoms with Crippen LogP contribution in [0, 0.1) is 20.8 Å². The number of phenolic OH excluding ortho intramolecular Hbond substituents is 1.